The molecule has 0 spiro atoms. The molecule has 1 fully saturated rings. The smallest absolute Gasteiger partial charge is 0.0253 e. The average Bonchev–Trinajstić information content (AvgIpc) is 2.39. The standard InChI is InChI=1S/C17H28N2/c1-5-16-12-18-17(3,4)13-19(16)14(2)11-15-9-7-6-8-10-15/h6-10,14,16,18H,5,11-13H2,1-4H3. The summed E-state index contributed by atoms with van der Waals surface area (Å²) in [5.74, 6) is 0. The van der Waals surface area contributed by atoms with E-state index in [0.717, 1.165) is 19.5 Å². The van der Waals surface area contributed by atoms with E-state index in [2.05, 4.69) is 68.2 Å². The van der Waals surface area contributed by atoms with Gasteiger partial charge in [-0.25, -0.2) is 0 Å². The van der Waals surface area contributed by atoms with Crippen LogP contribution in [0.1, 0.15) is 39.7 Å². The fourth-order valence-corrected chi connectivity index (χ4v) is 3.12. The van der Waals surface area contributed by atoms with Crippen molar-refractivity contribution in [2.45, 2.75) is 58.2 Å². The van der Waals surface area contributed by atoms with E-state index in [1.54, 1.807) is 0 Å². The topological polar surface area (TPSA) is 15.3 Å². The zero-order valence-corrected chi connectivity index (χ0v) is 12.8. The Morgan fingerprint density at radius 3 is 2.63 bits per heavy atom. The molecule has 19 heavy (non-hydrogen) atoms. The fraction of sp³-hybridized carbons (Fsp3) is 0.647. The lowest BCUT2D eigenvalue weighted by atomic mass is 9.94. The SMILES string of the molecule is CCC1CNC(C)(C)CN1C(C)Cc1ccccc1. The Hall–Kier alpha value is -0.860. The van der Waals surface area contributed by atoms with Crippen molar-refractivity contribution in [3.63, 3.8) is 0 Å². The van der Waals surface area contributed by atoms with E-state index in [1.165, 1.54) is 12.0 Å². The van der Waals surface area contributed by atoms with Crippen molar-refractivity contribution in [1.29, 1.82) is 0 Å². The maximum atomic E-state index is 3.67. The summed E-state index contributed by atoms with van der Waals surface area (Å²) in [4.78, 5) is 2.70. The molecule has 2 atom stereocenters. The molecule has 1 aliphatic rings. The van der Waals surface area contributed by atoms with Crippen molar-refractivity contribution in [3.8, 4) is 0 Å². The van der Waals surface area contributed by atoms with E-state index in [4.69, 9.17) is 0 Å². The Kier molecular flexibility index (Phi) is 4.64. The lowest BCUT2D eigenvalue weighted by Gasteiger charge is -2.47. The summed E-state index contributed by atoms with van der Waals surface area (Å²) >= 11 is 0. The third kappa shape index (κ3) is 3.80. The molecule has 2 unspecified atom stereocenters. The van der Waals surface area contributed by atoms with Gasteiger partial charge in [0, 0.05) is 30.7 Å². The lowest BCUT2D eigenvalue weighted by molar-refractivity contribution is 0.0584. The third-order valence-electron chi connectivity index (χ3n) is 4.27. The molecule has 2 nitrogen and oxygen atoms in total. The average molecular weight is 260 g/mol. The molecule has 1 aromatic carbocycles. The first-order valence-electron chi connectivity index (χ1n) is 7.56. The van der Waals surface area contributed by atoms with Crippen LogP contribution in [0.4, 0.5) is 0 Å². The van der Waals surface area contributed by atoms with Crippen molar-refractivity contribution in [1.82, 2.24) is 10.2 Å². The minimum atomic E-state index is 0.233. The van der Waals surface area contributed by atoms with Gasteiger partial charge in [-0.15, -0.1) is 0 Å². The van der Waals surface area contributed by atoms with Gasteiger partial charge in [-0.1, -0.05) is 37.3 Å². The van der Waals surface area contributed by atoms with Gasteiger partial charge in [0.2, 0.25) is 0 Å². The third-order valence-corrected chi connectivity index (χ3v) is 4.27. The van der Waals surface area contributed by atoms with Crippen molar-refractivity contribution in [2.75, 3.05) is 13.1 Å². The molecule has 0 aromatic heterocycles. The summed E-state index contributed by atoms with van der Waals surface area (Å²) in [5, 5.41) is 3.67. The molecule has 1 saturated heterocycles. The Balaban J connectivity index is 2.04. The van der Waals surface area contributed by atoms with Crippen LogP contribution in [0.15, 0.2) is 30.3 Å². The number of rotatable bonds is 4. The van der Waals surface area contributed by atoms with Gasteiger partial charge in [-0.3, -0.25) is 4.90 Å². The predicted octanol–water partition coefficient (Wildman–Crippen LogP) is 3.08. The second-order valence-corrected chi connectivity index (χ2v) is 6.54. The Morgan fingerprint density at radius 2 is 2.00 bits per heavy atom. The van der Waals surface area contributed by atoms with Gasteiger partial charge in [0.25, 0.3) is 0 Å². The van der Waals surface area contributed by atoms with E-state index in [0.29, 0.717) is 12.1 Å². The summed E-state index contributed by atoms with van der Waals surface area (Å²) in [6, 6.07) is 12.1. The summed E-state index contributed by atoms with van der Waals surface area (Å²) < 4.78 is 0. The number of hydrogen-bond acceptors (Lipinski definition) is 2. The first-order chi connectivity index (χ1) is 9.02. The van der Waals surface area contributed by atoms with E-state index in [9.17, 15) is 0 Å². The molecule has 1 aliphatic heterocycles. The largest absolute Gasteiger partial charge is 0.309 e. The van der Waals surface area contributed by atoms with Crippen LogP contribution in [0.3, 0.4) is 0 Å². The van der Waals surface area contributed by atoms with Gasteiger partial charge in [0.05, 0.1) is 0 Å². The molecule has 2 rings (SSSR count). The number of nitrogens with one attached hydrogen (secondary N) is 1. The molecule has 0 amide bonds. The van der Waals surface area contributed by atoms with Gasteiger partial charge in [-0.2, -0.15) is 0 Å². The van der Waals surface area contributed by atoms with Crippen molar-refractivity contribution < 1.29 is 0 Å². The van der Waals surface area contributed by atoms with Crippen LogP contribution in [-0.4, -0.2) is 35.6 Å². The van der Waals surface area contributed by atoms with Crippen molar-refractivity contribution >= 4 is 0 Å². The van der Waals surface area contributed by atoms with E-state index in [-0.39, 0.29) is 5.54 Å². The Bertz CT molecular complexity index is 386. The van der Waals surface area contributed by atoms with Crippen LogP contribution in [0, 0.1) is 0 Å². The summed E-state index contributed by atoms with van der Waals surface area (Å²) in [6.07, 6.45) is 2.37. The van der Waals surface area contributed by atoms with Crippen LogP contribution in [-0.2, 0) is 6.42 Å². The highest BCUT2D eigenvalue weighted by atomic mass is 15.3. The fourth-order valence-electron chi connectivity index (χ4n) is 3.12. The van der Waals surface area contributed by atoms with Gasteiger partial charge in [-0.05, 0) is 39.2 Å². The highest BCUT2D eigenvalue weighted by Crippen LogP contribution is 2.21. The van der Waals surface area contributed by atoms with Gasteiger partial charge >= 0.3 is 0 Å². The first kappa shape index (κ1) is 14.5. The normalized spacial score (nSPS) is 25.2. The van der Waals surface area contributed by atoms with E-state index >= 15 is 0 Å². The summed E-state index contributed by atoms with van der Waals surface area (Å²) in [7, 11) is 0. The molecule has 1 aromatic rings. The molecule has 0 saturated carbocycles. The number of piperazine rings is 1. The van der Waals surface area contributed by atoms with Crippen molar-refractivity contribution in [3.05, 3.63) is 35.9 Å². The van der Waals surface area contributed by atoms with E-state index < -0.39 is 0 Å². The maximum Gasteiger partial charge on any atom is 0.0253 e. The molecule has 1 N–H and O–H groups in total. The number of benzene rings is 1. The zero-order valence-electron chi connectivity index (χ0n) is 12.8. The Morgan fingerprint density at radius 1 is 1.32 bits per heavy atom. The molecule has 2 heteroatoms. The van der Waals surface area contributed by atoms with Gasteiger partial charge < -0.3 is 5.32 Å². The van der Waals surface area contributed by atoms with Gasteiger partial charge in [0.15, 0.2) is 0 Å². The monoisotopic (exact) mass is 260 g/mol. The molecule has 0 radical (unpaired) electrons. The highest BCUT2D eigenvalue weighted by molar-refractivity contribution is 5.16. The molecule has 106 valence electrons. The number of nitrogens with zero attached hydrogens (tertiary/aromatic N) is 1. The van der Waals surface area contributed by atoms with Crippen molar-refractivity contribution in [2.24, 2.45) is 0 Å². The van der Waals surface area contributed by atoms with Gasteiger partial charge in [0.1, 0.15) is 0 Å². The molecule has 0 aliphatic carbocycles. The summed E-state index contributed by atoms with van der Waals surface area (Å²) in [6.45, 7) is 11.5. The predicted molar refractivity (Wildman–Crippen MR) is 82.5 cm³/mol. The summed E-state index contributed by atoms with van der Waals surface area (Å²) in [5.41, 5.74) is 1.68. The molecule has 1 heterocycles. The molecule has 0 bridgehead atoms. The number of hydrogen-bond donors (Lipinski definition) is 1. The maximum absolute atomic E-state index is 3.67. The quantitative estimate of drug-likeness (QED) is 0.895. The second kappa shape index (κ2) is 6.06. The minimum absolute atomic E-state index is 0.233. The van der Waals surface area contributed by atoms with E-state index in [1.807, 2.05) is 0 Å². The highest BCUT2D eigenvalue weighted by Gasteiger charge is 2.33. The van der Waals surface area contributed by atoms with Crippen LogP contribution in [0.25, 0.3) is 0 Å². The first-order valence-corrected chi connectivity index (χ1v) is 7.56. The molecular formula is C17H28N2. The molecular weight excluding hydrogens is 232 g/mol. The van der Waals surface area contributed by atoms with Crippen LogP contribution < -0.4 is 5.32 Å². The van der Waals surface area contributed by atoms with Crippen LogP contribution in [0.2, 0.25) is 0 Å². The zero-order chi connectivity index (χ0) is 13.9. The Labute approximate surface area is 118 Å². The van der Waals surface area contributed by atoms with Crippen LogP contribution >= 0.6 is 0 Å². The van der Waals surface area contributed by atoms with Crippen LogP contribution in [0.5, 0.6) is 0 Å². The lowest BCUT2D eigenvalue weighted by Crippen LogP contribution is -2.63. The second-order valence-electron chi connectivity index (χ2n) is 6.54. The minimum Gasteiger partial charge on any atom is -0.309 e.